The first-order valence-corrected chi connectivity index (χ1v) is 8.26. The van der Waals surface area contributed by atoms with E-state index in [1.165, 1.54) is 31.5 Å². The summed E-state index contributed by atoms with van der Waals surface area (Å²) >= 11 is 1.79. The van der Waals surface area contributed by atoms with Gasteiger partial charge in [-0.2, -0.15) is 0 Å². The molecular formula is C14H19N3OS. The van der Waals surface area contributed by atoms with Gasteiger partial charge in [-0.1, -0.05) is 18.7 Å². The lowest BCUT2D eigenvalue weighted by molar-refractivity contribution is -0.120. The maximum atomic E-state index is 11.7. The molecule has 4 nitrogen and oxygen atoms in total. The van der Waals surface area contributed by atoms with Crippen LogP contribution in [0.4, 0.5) is 0 Å². The SMILES string of the molecule is CC1C(=O)CCC1Sc1nnc(C2CC2)n1C1CC1. The molecule has 3 aliphatic carbocycles. The van der Waals surface area contributed by atoms with Crippen molar-refractivity contribution in [3.8, 4) is 0 Å². The van der Waals surface area contributed by atoms with Crippen LogP contribution in [0.1, 0.15) is 63.2 Å². The Morgan fingerprint density at radius 3 is 2.53 bits per heavy atom. The zero-order valence-corrected chi connectivity index (χ0v) is 12.0. The first-order valence-electron chi connectivity index (χ1n) is 7.38. The monoisotopic (exact) mass is 277 g/mol. The van der Waals surface area contributed by atoms with Gasteiger partial charge in [0.2, 0.25) is 0 Å². The zero-order chi connectivity index (χ0) is 13.0. The fraction of sp³-hybridized carbons (Fsp3) is 0.786. The van der Waals surface area contributed by atoms with E-state index in [0.29, 0.717) is 23.0 Å². The zero-order valence-electron chi connectivity index (χ0n) is 11.2. The highest BCUT2D eigenvalue weighted by Crippen LogP contribution is 2.47. The second kappa shape index (κ2) is 4.33. The van der Waals surface area contributed by atoms with Crippen LogP contribution < -0.4 is 0 Å². The van der Waals surface area contributed by atoms with Crippen molar-refractivity contribution >= 4 is 17.5 Å². The fourth-order valence-electron chi connectivity index (χ4n) is 2.93. The maximum absolute atomic E-state index is 11.7. The Kier molecular flexibility index (Phi) is 2.72. The van der Waals surface area contributed by atoms with Gasteiger partial charge in [-0.15, -0.1) is 10.2 Å². The molecule has 0 aliphatic heterocycles. The molecule has 102 valence electrons. The number of rotatable bonds is 4. The number of hydrogen-bond acceptors (Lipinski definition) is 4. The van der Waals surface area contributed by atoms with E-state index < -0.39 is 0 Å². The number of carbonyl (C=O) groups is 1. The summed E-state index contributed by atoms with van der Waals surface area (Å²) in [5.41, 5.74) is 0. The predicted octanol–water partition coefficient (Wildman–Crippen LogP) is 2.95. The van der Waals surface area contributed by atoms with Gasteiger partial charge in [0.15, 0.2) is 5.16 Å². The van der Waals surface area contributed by atoms with Gasteiger partial charge in [0.05, 0.1) is 0 Å². The van der Waals surface area contributed by atoms with Crippen LogP contribution in [0.5, 0.6) is 0 Å². The third-order valence-corrected chi connectivity index (χ3v) is 5.98. The van der Waals surface area contributed by atoms with Gasteiger partial charge in [0.1, 0.15) is 11.6 Å². The summed E-state index contributed by atoms with van der Waals surface area (Å²) in [6.45, 7) is 2.06. The smallest absolute Gasteiger partial charge is 0.191 e. The molecule has 1 aromatic rings. The molecule has 3 fully saturated rings. The first kappa shape index (κ1) is 11.9. The molecule has 1 heterocycles. The van der Waals surface area contributed by atoms with Crippen LogP contribution in [0.2, 0.25) is 0 Å². The predicted molar refractivity (Wildman–Crippen MR) is 73.3 cm³/mol. The van der Waals surface area contributed by atoms with Gasteiger partial charge < -0.3 is 4.57 Å². The minimum absolute atomic E-state index is 0.179. The molecule has 0 radical (unpaired) electrons. The first-order chi connectivity index (χ1) is 9.24. The van der Waals surface area contributed by atoms with E-state index in [0.717, 1.165) is 18.0 Å². The van der Waals surface area contributed by atoms with Crippen LogP contribution in [0.15, 0.2) is 5.16 Å². The molecule has 4 rings (SSSR count). The number of hydrogen-bond donors (Lipinski definition) is 0. The average Bonchev–Trinajstić information content (AvgIpc) is 3.31. The molecule has 2 unspecified atom stereocenters. The Morgan fingerprint density at radius 2 is 1.95 bits per heavy atom. The lowest BCUT2D eigenvalue weighted by Crippen LogP contribution is -2.13. The van der Waals surface area contributed by atoms with Crippen LogP contribution in [0.3, 0.4) is 0 Å². The van der Waals surface area contributed by atoms with Crippen molar-refractivity contribution in [1.29, 1.82) is 0 Å². The molecule has 0 bridgehead atoms. The van der Waals surface area contributed by atoms with Crippen LogP contribution in [-0.4, -0.2) is 25.8 Å². The second-order valence-corrected chi connectivity index (χ2v) is 7.37. The molecule has 1 aromatic heterocycles. The number of aromatic nitrogens is 3. The summed E-state index contributed by atoms with van der Waals surface area (Å²) < 4.78 is 2.39. The van der Waals surface area contributed by atoms with Crippen molar-refractivity contribution in [3.05, 3.63) is 5.82 Å². The summed E-state index contributed by atoms with van der Waals surface area (Å²) in [7, 11) is 0. The van der Waals surface area contributed by atoms with Crippen LogP contribution in [-0.2, 0) is 4.79 Å². The van der Waals surface area contributed by atoms with Crippen LogP contribution >= 0.6 is 11.8 Å². The highest BCUT2D eigenvalue weighted by atomic mass is 32.2. The average molecular weight is 277 g/mol. The number of thioether (sulfide) groups is 1. The van der Waals surface area contributed by atoms with Gasteiger partial charge in [-0.25, -0.2) is 0 Å². The van der Waals surface area contributed by atoms with Crippen LogP contribution in [0.25, 0.3) is 0 Å². The molecular weight excluding hydrogens is 258 g/mol. The molecule has 0 amide bonds. The fourth-order valence-corrected chi connectivity index (χ4v) is 4.24. The minimum atomic E-state index is 0.179. The standard InChI is InChI=1S/C14H19N3OS/c1-8-11(18)6-7-12(8)19-14-16-15-13(9-2-3-9)17(14)10-4-5-10/h8-10,12H,2-7H2,1H3. The van der Waals surface area contributed by atoms with E-state index in [4.69, 9.17) is 0 Å². The van der Waals surface area contributed by atoms with E-state index >= 15 is 0 Å². The molecule has 0 aromatic carbocycles. The highest BCUT2D eigenvalue weighted by Gasteiger charge is 2.38. The number of ketones is 1. The van der Waals surface area contributed by atoms with E-state index in [9.17, 15) is 4.79 Å². The number of nitrogens with zero attached hydrogens (tertiary/aromatic N) is 3. The van der Waals surface area contributed by atoms with Crippen molar-refractivity contribution in [1.82, 2.24) is 14.8 Å². The van der Waals surface area contributed by atoms with Crippen molar-refractivity contribution in [2.45, 2.75) is 67.8 Å². The Hall–Kier alpha value is -0.840. The molecule has 2 atom stereocenters. The van der Waals surface area contributed by atoms with E-state index in [1.807, 2.05) is 0 Å². The number of carbonyl (C=O) groups excluding carboxylic acids is 1. The third kappa shape index (κ3) is 2.12. The van der Waals surface area contributed by atoms with Gasteiger partial charge >= 0.3 is 0 Å². The van der Waals surface area contributed by atoms with Crippen LogP contribution in [0, 0.1) is 5.92 Å². The molecule has 19 heavy (non-hydrogen) atoms. The van der Waals surface area contributed by atoms with E-state index in [-0.39, 0.29) is 5.92 Å². The van der Waals surface area contributed by atoms with Crippen molar-refractivity contribution in [2.24, 2.45) is 5.92 Å². The quantitative estimate of drug-likeness (QED) is 0.849. The number of Topliss-reactive ketones (excluding diaryl/α,β-unsaturated/α-hetero) is 1. The lowest BCUT2D eigenvalue weighted by atomic mass is 10.1. The van der Waals surface area contributed by atoms with Crippen molar-refractivity contribution < 1.29 is 4.79 Å². The van der Waals surface area contributed by atoms with E-state index in [1.54, 1.807) is 11.8 Å². The van der Waals surface area contributed by atoms with Gasteiger partial charge in [0, 0.05) is 29.5 Å². The summed E-state index contributed by atoms with van der Waals surface area (Å²) in [5, 5.41) is 10.3. The Morgan fingerprint density at radius 1 is 1.16 bits per heavy atom. The van der Waals surface area contributed by atoms with Gasteiger partial charge in [0.25, 0.3) is 0 Å². The largest absolute Gasteiger partial charge is 0.303 e. The second-order valence-electron chi connectivity index (χ2n) is 6.17. The summed E-state index contributed by atoms with van der Waals surface area (Å²) in [6, 6.07) is 0.639. The molecule has 3 saturated carbocycles. The van der Waals surface area contributed by atoms with Gasteiger partial charge in [-0.3, -0.25) is 4.79 Å². The molecule has 0 N–H and O–H groups in total. The summed E-state index contributed by atoms with van der Waals surface area (Å²) in [4.78, 5) is 11.7. The Balaban J connectivity index is 1.59. The maximum Gasteiger partial charge on any atom is 0.191 e. The molecule has 5 heteroatoms. The summed E-state index contributed by atoms with van der Waals surface area (Å²) in [6.07, 6.45) is 6.82. The van der Waals surface area contributed by atoms with Gasteiger partial charge in [-0.05, 0) is 32.1 Å². The third-order valence-electron chi connectivity index (χ3n) is 4.54. The topological polar surface area (TPSA) is 47.8 Å². The van der Waals surface area contributed by atoms with Crippen molar-refractivity contribution in [3.63, 3.8) is 0 Å². The minimum Gasteiger partial charge on any atom is -0.303 e. The highest BCUT2D eigenvalue weighted by molar-refractivity contribution is 7.99. The van der Waals surface area contributed by atoms with E-state index in [2.05, 4.69) is 21.7 Å². The Labute approximate surface area is 117 Å². The van der Waals surface area contributed by atoms with Crippen molar-refractivity contribution in [2.75, 3.05) is 0 Å². The molecule has 0 spiro atoms. The lowest BCUT2D eigenvalue weighted by Gasteiger charge is -2.14. The summed E-state index contributed by atoms with van der Waals surface area (Å²) in [5.74, 6) is 2.46. The Bertz CT molecular complexity index is 519. The molecule has 3 aliphatic rings. The normalized spacial score (nSPS) is 31.1. The molecule has 0 saturated heterocycles.